The van der Waals surface area contributed by atoms with Gasteiger partial charge in [-0.15, -0.1) is 0 Å². The average molecular weight is 554 g/mol. The maximum absolute atomic E-state index is 13.0. The fourth-order valence-electron chi connectivity index (χ4n) is 5.09. The molecule has 1 aromatic heterocycles. The number of nitrogens with zero attached hydrogens (tertiary/aromatic N) is 3. The molecule has 11 heteroatoms. The number of carbonyl (C=O) groups excluding carboxylic acids is 3. The van der Waals surface area contributed by atoms with Crippen molar-refractivity contribution in [3.63, 3.8) is 0 Å². The van der Waals surface area contributed by atoms with Gasteiger partial charge in [0.05, 0.1) is 12.1 Å². The van der Waals surface area contributed by atoms with Crippen molar-refractivity contribution in [2.24, 2.45) is 0 Å². The van der Waals surface area contributed by atoms with Crippen LogP contribution in [0.25, 0.3) is 0 Å². The second kappa shape index (κ2) is 12.1. The highest BCUT2D eigenvalue weighted by molar-refractivity contribution is 5.94. The Balaban J connectivity index is 1.39. The number of fused-ring (bicyclic) bond motifs is 1. The number of aromatic nitrogens is 1. The van der Waals surface area contributed by atoms with Crippen LogP contribution in [0.15, 0.2) is 36.5 Å². The summed E-state index contributed by atoms with van der Waals surface area (Å²) in [5.74, 6) is 0.365. The van der Waals surface area contributed by atoms with Gasteiger partial charge in [0.1, 0.15) is 17.2 Å². The largest absolute Gasteiger partial charge is 0.508 e. The van der Waals surface area contributed by atoms with Crippen LogP contribution in [0, 0.1) is 0 Å². The summed E-state index contributed by atoms with van der Waals surface area (Å²) in [6, 6.07) is 7.75. The number of phenolic OH excluding ortho intramolecular Hbond substituents is 1. The van der Waals surface area contributed by atoms with Crippen LogP contribution in [-0.2, 0) is 22.5 Å². The van der Waals surface area contributed by atoms with Gasteiger partial charge in [-0.3, -0.25) is 14.5 Å². The number of anilines is 1. The molecule has 1 fully saturated rings. The number of aliphatic hydroxyl groups excluding tert-OH is 1. The smallest absolute Gasteiger partial charge is 0.410 e. The van der Waals surface area contributed by atoms with Crippen molar-refractivity contribution in [2.45, 2.75) is 77.3 Å². The molecule has 4 rings (SSSR count). The molecule has 0 radical (unpaired) electrons. The van der Waals surface area contributed by atoms with Crippen LogP contribution in [0.5, 0.6) is 5.75 Å². The summed E-state index contributed by atoms with van der Waals surface area (Å²) in [5, 5.41) is 27.2. The van der Waals surface area contributed by atoms with E-state index in [2.05, 4.69) is 15.6 Å². The van der Waals surface area contributed by atoms with Gasteiger partial charge < -0.3 is 30.5 Å². The van der Waals surface area contributed by atoms with Crippen LogP contribution in [0.2, 0.25) is 0 Å². The molecule has 2 atom stereocenters. The van der Waals surface area contributed by atoms with Crippen molar-refractivity contribution in [3.8, 4) is 5.75 Å². The molecule has 216 valence electrons. The maximum atomic E-state index is 13.0. The van der Waals surface area contributed by atoms with E-state index in [4.69, 9.17) is 4.74 Å². The zero-order valence-corrected chi connectivity index (χ0v) is 23.5. The number of aromatic hydroxyl groups is 1. The Bertz CT molecular complexity index is 1240. The number of aliphatic hydroxyl groups is 1. The minimum atomic E-state index is -1.07. The van der Waals surface area contributed by atoms with E-state index in [0.717, 1.165) is 24.0 Å². The fourth-order valence-corrected chi connectivity index (χ4v) is 5.09. The lowest BCUT2D eigenvalue weighted by Gasteiger charge is -2.40. The molecule has 2 aliphatic rings. The number of carbonyl (C=O) groups is 3. The molecule has 1 saturated heterocycles. The maximum Gasteiger partial charge on any atom is 0.410 e. The Morgan fingerprint density at radius 2 is 1.85 bits per heavy atom. The highest BCUT2D eigenvalue weighted by atomic mass is 16.6. The zero-order chi connectivity index (χ0) is 29.0. The topological polar surface area (TPSA) is 144 Å². The van der Waals surface area contributed by atoms with E-state index in [1.165, 1.54) is 4.90 Å². The van der Waals surface area contributed by atoms with Crippen molar-refractivity contribution in [2.75, 3.05) is 25.0 Å². The van der Waals surface area contributed by atoms with Gasteiger partial charge in [0.2, 0.25) is 5.91 Å². The lowest BCUT2D eigenvalue weighted by Crippen LogP contribution is -2.54. The van der Waals surface area contributed by atoms with Gasteiger partial charge in [-0.2, -0.15) is 0 Å². The summed E-state index contributed by atoms with van der Waals surface area (Å²) >= 11 is 0. The van der Waals surface area contributed by atoms with Crippen LogP contribution < -0.4 is 10.6 Å². The molecule has 11 nitrogen and oxygen atoms in total. The molecule has 2 aromatic rings. The molecule has 3 heterocycles. The lowest BCUT2D eigenvalue weighted by atomic mass is 9.91. The summed E-state index contributed by atoms with van der Waals surface area (Å²) in [6.07, 6.45) is 1.85. The third kappa shape index (κ3) is 7.41. The first-order chi connectivity index (χ1) is 18.9. The third-order valence-corrected chi connectivity index (χ3v) is 7.22. The highest BCUT2D eigenvalue weighted by Crippen LogP contribution is 2.29. The molecule has 40 heavy (non-hydrogen) atoms. The number of amides is 3. The Labute approximate surface area is 234 Å². The predicted octanol–water partition coefficient (Wildman–Crippen LogP) is 2.66. The predicted molar refractivity (Wildman–Crippen MR) is 149 cm³/mol. The number of hydrogen-bond acceptors (Lipinski definition) is 8. The van der Waals surface area contributed by atoms with Crippen LogP contribution in [0.1, 0.15) is 62.0 Å². The highest BCUT2D eigenvalue weighted by Gasteiger charge is 2.37. The number of ether oxygens (including phenoxy) is 1. The van der Waals surface area contributed by atoms with Crippen LogP contribution in [-0.4, -0.2) is 86.3 Å². The number of benzene rings is 1. The van der Waals surface area contributed by atoms with Crippen LogP contribution >= 0.6 is 0 Å². The van der Waals surface area contributed by atoms with Crippen molar-refractivity contribution < 1.29 is 29.3 Å². The first-order valence-electron chi connectivity index (χ1n) is 13.6. The molecule has 0 unspecified atom stereocenters. The summed E-state index contributed by atoms with van der Waals surface area (Å²) in [4.78, 5) is 45.2. The standard InChI is InChI=1S/C29H39N5O6/c1-18(35)33-11-8-22(9-12-33)32-26-15-20(7-10-30-26)27(38)31-16-25(37)24-14-19-5-6-23(36)13-21(19)17-34(24)28(39)40-29(2,3)4/h5-7,10,13,15,22,24-25,36-37H,8-9,11-12,14,16-17H2,1-4H3,(H,30,32)(H,31,38)/t24-,25+/m0/s1. The molecule has 0 bridgehead atoms. The third-order valence-electron chi connectivity index (χ3n) is 7.22. The normalized spacial score (nSPS) is 18.5. The van der Waals surface area contributed by atoms with Crippen molar-refractivity contribution >= 4 is 23.7 Å². The van der Waals surface area contributed by atoms with Crippen LogP contribution in [0.4, 0.5) is 10.6 Å². The molecule has 4 N–H and O–H groups in total. The first kappa shape index (κ1) is 29.1. The van der Waals surface area contributed by atoms with Gasteiger partial charge in [0.25, 0.3) is 5.91 Å². The minimum Gasteiger partial charge on any atom is -0.508 e. The molecule has 2 aliphatic heterocycles. The number of piperidine rings is 1. The number of rotatable bonds is 6. The van der Waals surface area contributed by atoms with Gasteiger partial charge in [-0.1, -0.05) is 6.07 Å². The van der Waals surface area contributed by atoms with Crippen molar-refractivity contribution in [1.82, 2.24) is 20.1 Å². The van der Waals surface area contributed by atoms with Crippen molar-refractivity contribution in [1.29, 1.82) is 0 Å². The summed E-state index contributed by atoms with van der Waals surface area (Å²) in [6.45, 7) is 8.33. The molecule has 0 spiro atoms. The monoisotopic (exact) mass is 553 g/mol. The molecular formula is C29H39N5O6. The second-order valence-electron chi connectivity index (χ2n) is 11.5. The van der Waals surface area contributed by atoms with Gasteiger partial charge in [-0.25, -0.2) is 9.78 Å². The summed E-state index contributed by atoms with van der Waals surface area (Å²) < 4.78 is 5.58. The molecule has 0 saturated carbocycles. The van der Waals surface area contributed by atoms with E-state index in [1.54, 1.807) is 64.2 Å². The van der Waals surface area contributed by atoms with Gasteiger partial charge >= 0.3 is 6.09 Å². The Kier molecular flexibility index (Phi) is 8.82. The lowest BCUT2D eigenvalue weighted by molar-refractivity contribution is -0.129. The summed E-state index contributed by atoms with van der Waals surface area (Å²) in [7, 11) is 0. The van der Waals surface area contributed by atoms with Gasteiger partial charge in [0, 0.05) is 50.9 Å². The van der Waals surface area contributed by atoms with Gasteiger partial charge in [0.15, 0.2) is 0 Å². The molecule has 1 aromatic carbocycles. The number of hydrogen-bond donors (Lipinski definition) is 4. The number of nitrogens with one attached hydrogen (secondary N) is 2. The zero-order valence-electron chi connectivity index (χ0n) is 23.5. The summed E-state index contributed by atoms with van der Waals surface area (Å²) in [5.41, 5.74) is 1.35. The Morgan fingerprint density at radius 1 is 1.12 bits per heavy atom. The Morgan fingerprint density at radius 3 is 2.52 bits per heavy atom. The van der Waals surface area contributed by atoms with E-state index in [-0.39, 0.29) is 36.7 Å². The number of likely N-dealkylation sites (tertiary alicyclic amines) is 1. The van der Waals surface area contributed by atoms with E-state index < -0.39 is 23.8 Å². The molecular weight excluding hydrogens is 514 g/mol. The minimum absolute atomic E-state index is 0.0726. The number of phenols is 1. The first-order valence-corrected chi connectivity index (χ1v) is 13.6. The van der Waals surface area contributed by atoms with E-state index in [9.17, 15) is 24.6 Å². The Hall–Kier alpha value is -3.86. The fraction of sp³-hybridized carbons (Fsp3) is 0.517. The number of pyridine rings is 1. The SMILES string of the molecule is CC(=O)N1CCC(Nc2cc(C(=O)NC[C@@H](O)[C@@H]3Cc4ccc(O)cc4CN3C(=O)OC(C)(C)C)ccn2)CC1. The van der Waals surface area contributed by atoms with Crippen LogP contribution in [0.3, 0.4) is 0 Å². The second-order valence-corrected chi connectivity index (χ2v) is 11.5. The van der Waals surface area contributed by atoms with Gasteiger partial charge in [-0.05, 0) is 75.4 Å². The van der Waals surface area contributed by atoms with E-state index in [0.29, 0.717) is 30.9 Å². The molecule has 0 aliphatic carbocycles. The average Bonchev–Trinajstić information content (AvgIpc) is 2.90. The molecule has 3 amide bonds. The van der Waals surface area contributed by atoms with E-state index >= 15 is 0 Å². The quantitative estimate of drug-likeness (QED) is 0.427. The van der Waals surface area contributed by atoms with Crippen molar-refractivity contribution in [3.05, 3.63) is 53.2 Å². The van der Waals surface area contributed by atoms with E-state index in [1.807, 2.05) is 4.90 Å².